The largest absolute Gasteiger partial charge is 0.354 e. The van der Waals surface area contributed by atoms with Crippen LogP contribution in [0.1, 0.15) is 31.2 Å². The third kappa shape index (κ3) is 3.67. The second kappa shape index (κ2) is 6.95. The summed E-state index contributed by atoms with van der Waals surface area (Å²) in [6.07, 6.45) is 5.38. The van der Waals surface area contributed by atoms with Gasteiger partial charge < -0.3 is 10.6 Å². The van der Waals surface area contributed by atoms with Crippen molar-refractivity contribution in [3.63, 3.8) is 0 Å². The fourth-order valence-corrected chi connectivity index (χ4v) is 3.73. The number of carbonyl (C=O) groups is 2. The molecule has 4 nitrogen and oxygen atoms in total. The van der Waals surface area contributed by atoms with E-state index in [0.29, 0.717) is 31.3 Å². The number of rotatable bonds is 6. The molecule has 118 valence electrons. The average molecular weight is 300 g/mol. The Morgan fingerprint density at radius 1 is 0.955 bits per heavy atom. The van der Waals surface area contributed by atoms with Crippen LogP contribution in [0.4, 0.5) is 0 Å². The van der Waals surface area contributed by atoms with E-state index in [2.05, 4.69) is 10.6 Å². The van der Waals surface area contributed by atoms with E-state index in [1.165, 1.54) is 25.7 Å². The fraction of sp³-hybridized carbons (Fsp3) is 0.556. The van der Waals surface area contributed by atoms with Gasteiger partial charge in [0.25, 0.3) is 0 Å². The van der Waals surface area contributed by atoms with Crippen LogP contribution in [0.3, 0.4) is 0 Å². The first-order valence-corrected chi connectivity index (χ1v) is 8.34. The second-order valence-corrected chi connectivity index (χ2v) is 6.44. The zero-order valence-electron chi connectivity index (χ0n) is 12.9. The first-order chi connectivity index (χ1) is 10.8. The highest BCUT2D eigenvalue weighted by atomic mass is 16.2. The van der Waals surface area contributed by atoms with Crippen LogP contribution >= 0.6 is 0 Å². The number of amides is 2. The molecule has 1 aromatic rings. The zero-order chi connectivity index (χ0) is 15.4. The third-order valence-electron chi connectivity index (χ3n) is 4.91. The van der Waals surface area contributed by atoms with Crippen LogP contribution < -0.4 is 10.6 Å². The van der Waals surface area contributed by atoms with Crippen molar-refractivity contribution in [1.29, 1.82) is 0 Å². The maximum atomic E-state index is 12.1. The summed E-state index contributed by atoms with van der Waals surface area (Å²) in [6, 6.07) is 9.68. The monoisotopic (exact) mass is 300 g/mol. The van der Waals surface area contributed by atoms with Crippen LogP contribution in [-0.4, -0.2) is 24.9 Å². The normalized spacial score (nSPS) is 25.9. The van der Waals surface area contributed by atoms with E-state index in [1.54, 1.807) is 0 Å². The standard InChI is InChI=1S/C18H24N2O2/c21-16(12-13-6-2-1-3-7-13)19-10-11-20-18(22)17-14-8-4-5-9-15(14)17/h1-3,6-7,14-15,17H,4-5,8-12H2,(H,19,21)(H,20,22)/t14-,15-/m0/s1. The number of hydrogen-bond donors (Lipinski definition) is 2. The van der Waals surface area contributed by atoms with Crippen LogP contribution in [0.25, 0.3) is 0 Å². The van der Waals surface area contributed by atoms with Gasteiger partial charge in [0.15, 0.2) is 0 Å². The van der Waals surface area contributed by atoms with Gasteiger partial charge in [0.1, 0.15) is 0 Å². The lowest BCUT2D eigenvalue weighted by molar-refractivity contribution is -0.123. The van der Waals surface area contributed by atoms with Crippen molar-refractivity contribution in [1.82, 2.24) is 10.6 Å². The van der Waals surface area contributed by atoms with Crippen molar-refractivity contribution in [3.8, 4) is 0 Å². The summed E-state index contributed by atoms with van der Waals surface area (Å²) in [4.78, 5) is 23.9. The highest BCUT2D eigenvalue weighted by Gasteiger charge is 2.54. The molecule has 0 heterocycles. The Bertz CT molecular complexity index is 517. The van der Waals surface area contributed by atoms with Crippen LogP contribution in [0.5, 0.6) is 0 Å². The molecule has 0 bridgehead atoms. The number of benzene rings is 1. The topological polar surface area (TPSA) is 58.2 Å². The van der Waals surface area contributed by atoms with E-state index >= 15 is 0 Å². The summed E-state index contributed by atoms with van der Waals surface area (Å²) in [7, 11) is 0. The summed E-state index contributed by atoms with van der Waals surface area (Å²) < 4.78 is 0. The minimum absolute atomic E-state index is 0.000500. The SMILES string of the molecule is O=C(Cc1ccccc1)NCCNC(=O)C1[C@H]2CCCC[C@H]12. The van der Waals surface area contributed by atoms with Crippen LogP contribution in [0.2, 0.25) is 0 Å². The molecule has 4 heteroatoms. The Morgan fingerprint density at radius 2 is 1.59 bits per heavy atom. The maximum Gasteiger partial charge on any atom is 0.224 e. The van der Waals surface area contributed by atoms with Gasteiger partial charge in [-0.3, -0.25) is 9.59 Å². The second-order valence-electron chi connectivity index (χ2n) is 6.44. The maximum absolute atomic E-state index is 12.1. The van der Waals surface area contributed by atoms with Gasteiger partial charge in [0.2, 0.25) is 11.8 Å². The smallest absolute Gasteiger partial charge is 0.224 e. The average Bonchev–Trinajstić information content (AvgIpc) is 3.27. The zero-order valence-corrected chi connectivity index (χ0v) is 12.9. The number of carbonyl (C=O) groups excluding carboxylic acids is 2. The molecule has 0 saturated heterocycles. The van der Waals surface area contributed by atoms with Gasteiger partial charge in [-0.15, -0.1) is 0 Å². The Hall–Kier alpha value is -1.84. The van der Waals surface area contributed by atoms with Crippen molar-refractivity contribution < 1.29 is 9.59 Å². The highest BCUT2D eigenvalue weighted by molar-refractivity contribution is 5.82. The van der Waals surface area contributed by atoms with Crippen LogP contribution in [0.15, 0.2) is 30.3 Å². The van der Waals surface area contributed by atoms with Crippen molar-refractivity contribution in [3.05, 3.63) is 35.9 Å². The number of fused-ring (bicyclic) bond motifs is 1. The molecule has 2 aliphatic rings. The predicted molar refractivity (Wildman–Crippen MR) is 85.1 cm³/mol. The Labute approximate surface area is 131 Å². The Morgan fingerprint density at radius 3 is 2.27 bits per heavy atom. The summed E-state index contributed by atoms with van der Waals surface area (Å²) in [5.74, 6) is 1.72. The molecule has 2 aliphatic carbocycles. The molecule has 2 atom stereocenters. The predicted octanol–water partition coefficient (Wildman–Crippen LogP) is 1.90. The summed E-state index contributed by atoms with van der Waals surface area (Å²) in [5, 5.41) is 5.82. The molecule has 0 aliphatic heterocycles. The van der Waals surface area contributed by atoms with Gasteiger partial charge in [-0.2, -0.15) is 0 Å². The Kier molecular flexibility index (Phi) is 4.76. The van der Waals surface area contributed by atoms with E-state index in [0.717, 1.165) is 5.56 Å². The molecular weight excluding hydrogens is 276 g/mol. The summed E-state index contributed by atoms with van der Waals surface area (Å²) >= 11 is 0. The molecule has 2 N–H and O–H groups in total. The molecule has 0 unspecified atom stereocenters. The van der Waals surface area contributed by atoms with E-state index in [9.17, 15) is 9.59 Å². The summed E-state index contributed by atoms with van der Waals surface area (Å²) in [6.45, 7) is 1.02. The number of nitrogens with one attached hydrogen (secondary N) is 2. The summed E-state index contributed by atoms with van der Waals surface area (Å²) in [5.41, 5.74) is 1.01. The highest BCUT2D eigenvalue weighted by Crippen LogP contribution is 2.55. The van der Waals surface area contributed by atoms with Crippen LogP contribution in [-0.2, 0) is 16.0 Å². The van der Waals surface area contributed by atoms with Gasteiger partial charge in [0.05, 0.1) is 6.42 Å². The molecule has 1 aromatic carbocycles. The molecule has 2 fully saturated rings. The lowest BCUT2D eigenvalue weighted by Crippen LogP contribution is -2.36. The molecule has 2 saturated carbocycles. The van der Waals surface area contributed by atoms with Gasteiger partial charge in [0, 0.05) is 19.0 Å². The first kappa shape index (κ1) is 15.1. The van der Waals surface area contributed by atoms with E-state index in [4.69, 9.17) is 0 Å². The quantitative estimate of drug-likeness (QED) is 0.788. The first-order valence-electron chi connectivity index (χ1n) is 8.34. The minimum atomic E-state index is 0.000500. The van der Waals surface area contributed by atoms with E-state index < -0.39 is 0 Å². The fourth-order valence-electron chi connectivity index (χ4n) is 3.73. The molecule has 3 rings (SSSR count). The van der Waals surface area contributed by atoms with Gasteiger partial charge in [-0.1, -0.05) is 43.2 Å². The van der Waals surface area contributed by atoms with Crippen LogP contribution in [0, 0.1) is 17.8 Å². The van der Waals surface area contributed by atoms with Crippen molar-refractivity contribution >= 4 is 11.8 Å². The van der Waals surface area contributed by atoms with Gasteiger partial charge >= 0.3 is 0 Å². The van der Waals surface area contributed by atoms with Crippen molar-refractivity contribution in [2.45, 2.75) is 32.1 Å². The molecule has 22 heavy (non-hydrogen) atoms. The van der Waals surface area contributed by atoms with Crippen molar-refractivity contribution in [2.75, 3.05) is 13.1 Å². The van der Waals surface area contributed by atoms with Gasteiger partial charge in [-0.25, -0.2) is 0 Å². The molecule has 0 radical (unpaired) electrons. The van der Waals surface area contributed by atoms with Gasteiger partial charge in [-0.05, 0) is 30.2 Å². The third-order valence-corrected chi connectivity index (χ3v) is 4.91. The van der Waals surface area contributed by atoms with Crippen molar-refractivity contribution in [2.24, 2.45) is 17.8 Å². The Balaban J connectivity index is 1.30. The lowest BCUT2D eigenvalue weighted by atomic mass is 10.0. The minimum Gasteiger partial charge on any atom is -0.354 e. The lowest BCUT2D eigenvalue weighted by Gasteiger charge is -2.07. The molecule has 0 spiro atoms. The molecular formula is C18H24N2O2. The van der Waals surface area contributed by atoms with E-state index in [1.807, 2.05) is 30.3 Å². The number of hydrogen-bond acceptors (Lipinski definition) is 2. The molecule has 2 amide bonds. The molecule has 0 aromatic heterocycles. The van der Waals surface area contributed by atoms with E-state index in [-0.39, 0.29) is 17.7 Å².